The number of nitrogens with zero attached hydrogens (tertiary/aromatic N) is 1. The summed E-state index contributed by atoms with van der Waals surface area (Å²) in [5, 5.41) is 9.92. The minimum atomic E-state index is -0.384. The quantitative estimate of drug-likeness (QED) is 0.796. The first kappa shape index (κ1) is 14.8. The van der Waals surface area contributed by atoms with E-state index in [-0.39, 0.29) is 19.1 Å². The molecule has 1 aromatic rings. The number of hydrogen-bond donors (Lipinski definition) is 2. The van der Waals surface area contributed by atoms with Crippen molar-refractivity contribution in [2.75, 3.05) is 18.0 Å². The monoisotopic (exact) mass is 270 g/mol. The predicted molar refractivity (Wildman–Crippen MR) is 73.7 cm³/mol. The summed E-state index contributed by atoms with van der Waals surface area (Å²) in [7, 11) is 0. The van der Waals surface area contributed by atoms with E-state index in [9.17, 15) is 9.90 Å². The zero-order valence-electron chi connectivity index (χ0n) is 10.5. The molecule has 1 rings (SSSR count). The number of carbonyl (C=O) groups excluding carboxylic acids is 1. The highest BCUT2D eigenvalue weighted by atomic mass is 35.5. The fourth-order valence-electron chi connectivity index (χ4n) is 1.81. The van der Waals surface area contributed by atoms with Crippen molar-refractivity contribution in [2.24, 2.45) is 5.73 Å². The van der Waals surface area contributed by atoms with Gasteiger partial charge in [-0.3, -0.25) is 4.79 Å². The molecule has 0 spiro atoms. The fourth-order valence-corrected chi connectivity index (χ4v) is 2.01. The molecule has 0 atom stereocenters. The summed E-state index contributed by atoms with van der Waals surface area (Å²) in [6, 6.07) is 5.26. The van der Waals surface area contributed by atoms with Crippen LogP contribution in [-0.2, 0) is 11.4 Å². The minimum absolute atomic E-state index is 0.114. The number of aliphatic hydroxyl groups excluding tert-OH is 1. The van der Waals surface area contributed by atoms with Crippen LogP contribution in [-0.4, -0.2) is 24.1 Å². The van der Waals surface area contributed by atoms with Gasteiger partial charge in [-0.1, -0.05) is 24.9 Å². The third kappa shape index (κ3) is 4.20. The molecule has 0 heterocycles. The van der Waals surface area contributed by atoms with Gasteiger partial charge in [0.2, 0.25) is 5.91 Å². The van der Waals surface area contributed by atoms with Crippen LogP contribution in [0.15, 0.2) is 18.2 Å². The molecule has 3 N–H and O–H groups in total. The van der Waals surface area contributed by atoms with Crippen molar-refractivity contribution >= 4 is 23.2 Å². The molecule has 18 heavy (non-hydrogen) atoms. The molecule has 0 radical (unpaired) electrons. The van der Waals surface area contributed by atoms with E-state index < -0.39 is 0 Å². The van der Waals surface area contributed by atoms with E-state index in [4.69, 9.17) is 17.3 Å². The van der Waals surface area contributed by atoms with E-state index >= 15 is 0 Å². The van der Waals surface area contributed by atoms with Gasteiger partial charge in [0.05, 0.1) is 13.2 Å². The van der Waals surface area contributed by atoms with E-state index in [1.807, 2.05) is 11.0 Å². The van der Waals surface area contributed by atoms with E-state index in [1.54, 1.807) is 12.1 Å². The normalized spacial score (nSPS) is 10.4. The molecule has 0 aliphatic rings. The molecule has 0 aromatic heterocycles. The Bertz CT molecular complexity index is 410. The summed E-state index contributed by atoms with van der Waals surface area (Å²) in [6.07, 6.45) is 1.98. The second-order valence-electron chi connectivity index (χ2n) is 4.17. The summed E-state index contributed by atoms with van der Waals surface area (Å²) in [5.41, 5.74) is 6.78. The van der Waals surface area contributed by atoms with Crippen LogP contribution >= 0.6 is 11.6 Å². The molecule has 100 valence electrons. The van der Waals surface area contributed by atoms with Gasteiger partial charge in [0.25, 0.3) is 0 Å². The van der Waals surface area contributed by atoms with Crippen molar-refractivity contribution in [3.05, 3.63) is 28.8 Å². The first-order valence-electron chi connectivity index (χ1n) is 6.01. The molecular weight excluding hydrogens is 252 g/mol. The molecule has 1 amide bonds. The molecule has 0 unspecified atom stereocenters. The number of nitrogens with two attached hydrogens (primary N) is 1. The molecule has 0 saturated carbocycles. The zero-order chi connectivity index (χ0) is 13.5. The van der Waals surface area contributed by atoms with Gasteiger partial charge in [0.1, 0.15) is 0 Å². The van der Waals surface area contributed by atoms with Crippen molar-refractivity contribution in [1.82, 2.24) is 0 Å². The number of halogens is 1. The van der Waals surface area contributed by atoms with E-state index in [0.717, 1.165) is 25.1 Å². The molecule has 0 saturated heterocycles. The number of rotatable bonds is 7. The van der Waals surface area contributed by atoms with Gasteiger partial charge in [0, 0.05) is 22.8 Å². The van der Waals surface area contributed by atoms with Gasteiger partial charge in [-0.15, -0.1) is 0 Å². The SMILES string of the molecule is CCCCN(CC(N)=O)c1ccc(Cl)cc1CO. The predicted octanol–water partition coefficient (Wildman–Crippen LogP) is 1.92. The van der Waals surface area contributed by atoms with Gasteiger partial charge >= 0.3 is 0 Å². The lowest BCUT2D eigenvalue weighted by Gasteiger charge is -2.25. The Morgan fingerprint density at radius 3 is 2.78 bits per heavy atom. The van der Waals surface area contributed by atoms with Crippen molar-refractivity contribution in [2.45, 2.75) is 26.4 Å². The molecule has 0 aliphatic carbocycles. The lowest BCUT2D eigenvalue weighted by Crippen LogP contribution is -2.35. The minimum Gasteiger partial charge on any atom is -0.392 e. The van der Waals surface area contributed by atoms with Gasteiger partial charge < -0.3 is 15.7 Å². The molecule has 1 aromatic carbocycles. The Labute approximate surface area is 112 Å². The lowest BCUT2D eigenvalue weighted by atomic mass is 10.1. The van der Waals surface area contributed by atoms with Gasteiger partial charge in [-0.05, 0) is 24.6 Å². The standard InChI is InChI=1S/C13H19ClN2O2/c1-2-3-6-16(8-13(15)18)12-5-4-11(14)7-10(12)9-17/h4-5,7,17H,2-3,6,8-9H2,1H3,(H2,15,18). The topological polar surface area (TPSA) is 66.6 Å². The molecular formula is C13H19ClN2O2. The Hall–Kier alpha value is -1.26. The van der Waals surface area contributed by atoms with Crippen LogP contribution in [0, 0.1) is 0 Å². The van der Waals surface area contributed by atoms with E-state index in [0.29, 0.717) is 10.6 Å². The number of hydrogen-bond acceptors (Lipinski definition) is 3. The summed E-state index contributed by atoms with van der Waals surface area (Å²) in [6.45, 7) is 2.84. The first-order chi connectivity index (χ1) is 8.58. The maximum absolute atomic E-state index is 11.1. The van der Waals surface area contributed by atoms with Gasteiger partial charge in [-0.2, -0.15) is 0 Å². The van der Waals surface area contributed by atoms with Crippen molar-refractivity contribution in [3.63, 3.8) is 0 Å². The van der Waals surface area contributed by atoms with Crippen LogP contribution in [0.4, 0.5) is 5.69 Å². The van der Waals surface area contributed by atoms with E-state index in [2.05, 4.69) is 6.92 Å². The lowest BCUT2D eigenvalue weighted by molar-refractivity contribution is -0.116. The zero-order valence-corrected chi connectivity index (χ0v) is 11.3. The highest BCUT2D eigenvalue weighted by Gasteiger charge is 2.13. The van der Waals surface area contributed by atoms with Crippen molar-refractivity contribution < 1.29 is 9.90 Å². The molecule has 0 fully saturated rings. The Balaban J connectivity index is 2.98. The summed E-state index contributed by atoms with van der Waals surface area (Å²) < 4.78 is 0. The smallest absolute Gasteiger partial charge is 0.236 e. The average molecular weight is 271 g/mol. The molecule has 4 nitrogen and oxygen atoms in total. The van der Waals surface area contributed by atoms with Crippen LogP contribution in [0.5, 0.6) is 0 Å². The number of anilines is 1. The summed E-state index contributed by atoms with van der Waals surface area (Å²) in [4.78, 5) is 13.0. The van der Waals surface area contributed by atoms with Crippen LogP contribution < -0.4 is 10.6 Å². The number of aliphatic hydroxyl groups is 1. The van der Waals surface area contributed by atoms with Crippen molar-refractivity contribution in [1.29, 1.82) is 0 Å². The third-order valence-corrected chi connectivity index (χ3v) is 2.92. The molecule has 0 aliphatic heterocycles. The second-order valence-corrected chi connectivity index (χ2v) is 4.61. The third-order valence-electron chi connectivity index (χ3n) is 2.68. The number of benzene rings is 1. The average Bonchev–Trinajstić information content (AvgIpc) is 2.34. The van der Waals surface area contributed by atoms with Crippen LogP contribution in [0.2, 0.25) is 5.02 Å². The van der Waals surface area contributed by atoms with Crippen LogP contribution in [0.25, 0.3) is 0 Å². The van der Waals surface area contributed by atoms with Gasteiger partial charge in [0.15, 0.2) is 0 Å². The Morgan fingerprint density at radius 2 is 2.22 bits per heavy atom. The Morgan fingerprint density at radius 1 is 1.50 bits per heavy atom. The van der Waals surface area contributed by atoms with Crippen LogP contribution in [0.1, 0.15) is 25.3 Å². The van der Waals surface area contributed by atoms with Crippen LogP contribution in [0.3, 0.4) is 0 Å². The largest absolute Gasteiger partial charge is 0.392 e. The van der Waals surface area contributed by atoms with Gasteiger partial charge in [-0.25, -0.2) is 0 Å². The fraction of sp³-hybridized carbons (Fsp3) is 0.462. The maximum Gasteiger partial charge on any atom is 0.236 e. The number of carbonyl (C=O) groups is 1. The Kier molecular flexibility index (Phi) is 5.95. The van der Waals surface area contributed by atoms with Crippen molar-refractivity contribution in [3.8, 4) is 0 Å². The highest BCUT2D eigenvalue weighted by molar-refractivity contribution is 6.30. The maximum atomic E-state index is 11.1. The molecule has 5 heteroatoms. The summed E-state index contributed by atoms with van der Waals surface area (Å²) >= 11 is 5.89. The van der Waals surface area contributed by atoms with E-state index in [1.165, 1.54) is 0 Å². The number of primary amides is 1. The highest BCUT2D eigenvalue weighted by Crippen LogP contribution is 2.24. The first-order valence-corrected chi connectivity index (χ1v) is 6.38. The second kappa shape index (κ2) is 7.24. The molecule has 0 bridgehead atoms. The number of unbranched alkanes of at least 4 members (excludes halogenated alkanes) is 1. The summed E-state index contributed by atoms with van der Waals surface area (Å²) in [5.74, 6) is -0.384. The number of amides is 1.